The van der Waals surface area contributed by atoms with Crippen LogP contribution < -0.4 is 5.48 Å². The summed E-state index contributed by atoms with van der Waals surface area (Å²) in [6.07, 6.45) is 2.70. The van der Waals surface area contributed by atoms with Crippen molar-refractivity contribution < 1.29 is 23.9 Å². The van der Waals surface area contributed by atoms with E-state index in [4.69, 9.17) is 10.3 Å². The fourth-order valence-corrected chi connectivity index (χ4v) is 4.58. The monoisotopic (exact) mass is 628 g/mol. The number of nitrogens with zero attached hydrogens (tertiary/aromatic N) is 3. The molecule has 0 atom stereocenters. The third kappa shape index (κ3) is 12.0. The average Bonchev–Trinajstić information content (AvgIpc) is 3.09. The number of nitrogens with one attached hydrogen (secondary N) is 1. The van der Waals surface area contributed by atoms with Gasteiger partial charge in [-0.05, 0) is 66.9 Å². The Kier molecular flexibility index (Phi) is 15.3. The van der Waals surface area contributed by atoms with Crippen molar-refractivity contribution in [2.24, 2.45) is 0 Å². The lowest BCUT2D eigenvalue weighted by molar-refractivity contribution is 0.0628. The molecule has 46 heavy (non-hydrogen) atoms. The molecule has 1 aliphatic rings. The zero-order chi connectivity index (χ0) is 33.1. The number of aliphatic hydroxyl groups is 1. The summed E-state index contributed by atoms with van der Waals surface area (Å²) in [4.78, 5) is 20.6. The van der Waals surface area contributed by atoms with E-state index in [1.165, 1.54) is 23.1 Å². The predicted octanol–water partition coefficient (Wildman–Crippen LogP) is 7.34. The fraction of sp³-hybridized carbons (Fsp3) is 0.243. The minimum absolute atomic E-state index is 0.0686. The molecule has 1 aromatic heterocycles. The number of anilines is 1. The Morgan fingerprint density at radius 2 is 1.39 bits per heavy atom. The van der Waals surface area contributed by atoms with Gasteiger partial charge in [0, 0.05) is 62.5 Å². The lowest BCUT2D eigenvalue weighted by Crippen LogP contribution is -2.48. The van der Waals surface area contributed by atoms with Gasteiger partial charge in [0.1, 0.15) is 11.6 Å². The van der Waals surface area contributed by atoms with Crippen molar-refractivity contribution >= 4 is 22.5 Å². The Morgan fingerprint density at radius 3 is 1.91 bits per heavy atom. The lowest BCUT2D eigenvalue weighted by Gasteiger charge is -2.34. The minimum atomic E-state index is -0.579. The Bertz CT molecular complexity index is 1540. The summed E-state index contributed by atoms with van der Waals surface area (Å²) in [5.41, 5.74) is 6.03. The molecule has 5 aromatic rings. The van der Waals surface area contributed by atoms with E-state index in [1.807, 2.05) is 61.1 Å². The van der Waals surface area contributed by atoms with Crippen molar-refractivity contribution in [3.05, 3.63) is 144 Å². The highest BCUT2D eigenvalue weighted by atomic mass is 19.1. The summed E-state index contributed by atoms with van der Waals surface area (Å²) in [5, 5.41) is 17.9. The molecule has 6 rings (SSSR count). The molecule has 0 unspecified atom stereocenters. The van der Waals surface area contributed by atoms with Crippen molar-refractivity contribution in [2.45, 2.75) is 26.8 Å². The number of amides is 1. The Hall–Kier alpha value is -4.70. The maximum atomic E-state index is 13.3. The number of hydrogen-bond donors (Lipinski definition) is 3. The first-order valence-electron chi connectivity index (χ1n) is 15.2. The second-order valence-electron chi connectivity index (χ2n) is 10.6. The van der Waals surface area contributed by atoms with Crippen LogP contribution in [-0.4, -0.2) is 63.8 Å². The molecule has 1 aliphatic heterocycles. The van der Waals surface area contributed by atoms with Gasteiger partial charge in [-0.2, -0.15) is 0 Å². The molecule has 1 saturated heterocycles. The largest absolute Gasteiger partial charge is 0.396 e. The predicted molar refractivity (Wildman–Crippen MR) is 180 cm³/mol. The van der Waals surface area contributed by atoms with Gasteiger partial charge in [-0.25, -0.2) is 8.78 Å². The van der Waals surface area contributed by atoms with Crippen molar-refractivity contribution in [3.63, 3.8) is 0 Å². The molecule has 0 bridgehead atoms. The number of para-hydroxylation sites is 1. The quantitative estimate of drug-likeness (QED) is 0.177. The molecule has 1 amide bonds. The third-order valence-corrected chi connectivity index (χ3v) is 6.97. The van der Waals surface area contributed by atoms with E-state index in [-0.39, 0.29) is 5.91 Å². The zero-order valence-corrected chi connectivity index (χ0v) is 26.3. The molecule has 3 N–H and O–H groups in total. The molecular formula is C37H42F2N4O3. The topological polar surface area (TPSA) is 88.9 Å². The van der Waals surface area contributed by atoms with Crippen LogP contribution >= 0.6 is 0 Å². The van der Waals surface area contributed by atoms with Gasteiger partial charge < -0.3 is 10.0 Å². The first-order valence-corrected chi connectivity index (χ1v) is 15.2. The summed E-state index contributed by atoms with van der Waals surface area (Å²) in [6, 6.07) is 32.3. The van der Waals surface area contributed by atoms with Gasteiger partial charge in [0.15, 0.2) is 0 Å². The van der Waals surface area contributed by atoms with E-state index in [0.29, 0.717) is 56.1 Å². The van der Waals surface area contributed by atoms with Crippen molar-refractivity contribution in [1.82, 2.24) is 14.8 Å². The average molecular weight is 629 g/mol. The lowest BCUT2D eigenvalue weighted by atomic mass is 10.1. The number of benzene rings is 4. The van der Waals surface area contributed by atoms with Crippen LogP contribution in [0, 0.1) is 18.6 Å². The molecule has 1 fully saturated rings. The summed E-state index contributed by atoms with van der Waals surface area (Å²) in [7, 11) is 0. The van der Waals surface area contributed by atoms with Crippen LogP contribution in [0.1, 0.15) is 34.8 Å². The van der Waals surface area contributed by atoms with Crippen LogP contribution in [0.25, 0.3) is 10.9 Å². The Labute approximate surface area is 269 Å². The number of carbonyl (C=O) groups is 1. The van der Waals surface area contributed by atoms with Gasteiger partial charge in [0.05, 0.1) is 11.2 Å². The van der Waals surface area contributed by atoms with E-state index in [0.717, 1.165) is 18.0 Å². The van der Waals surface area contributed by atoms with Gasteiger partial charge in [0.25, 0.3) is 5.91 Å². The Balaban J connectivity index is 0.000000222. The summed E-state index contributed by atoms with van der Waals surface area (Å²) in [5.74, 6) is -1.23. The molecule has 4 aromatic carbocycles. The first-order chi connectivity index (χ1) is 22.3. The number of aromatic nitrogens is 1. The molecular weight excluding hydrogens is 586 g/mol. The van der Waals surface area contributed by atoms with Gasteiger partial charge in [-0.1, -0.05) is 67.6 Å². The highest BCUT2D eigenvalue weighted by Crippen LogP contribution is 2.16. The molecule has 2 heterocycles. The summed E-state index contributed by atoms with van der Waals surface area (Å²) < 4.78 is 26.5. The number of rotatable bonds is 5. The number of fused-ring (bicyclic) bond motifs is 1. The van der Waals surface area contributed by atoms with Gasteiger partial charge in [-0.15, -0.1) is 0 Å². The standard InChI is InChI=1S/C18H19F2N3O2.C10H9N.C6H6.C3H8O/c19-15-9-13(10-16(20)11-15)12-22-5-7-23(8-6-22)18(24)14-1-3-17(21-25)4-2-14;1-8-4-2-5-9-6-3-7-11-10(8)9;1-2-4-6-5-3-1;1-2-3-4/h1-4,9-11,21,25H,5-8,12H2;2-7H,1H3;1-6H;4H,2-3H2,1H3. The number of piperazine rings is 1. The van der Waals surface area contributed by atoms with E-state index < -0.39 is 11.6 Å². The SMILES string of the molecule is CCCO.Cc1cccc2cccnc12.O=C(c1ccc(NO)cc1)N1CCN(Cc2cc(F)cc(F)c2)CC1.c1ccccc1. The highest BCUT2D eigenvalue weighted by molar-refractivity contribution is 5.94. The second kappa shape index (κ2) is 19.6. The van der Waals surface area contributed by atoms with Crippen molar-refractivity contribution in [1.29, 1.82) is 0 Å². The van der Waals surface area contributed by atoms with Crippen LogP contribution in [0.2, 0.25) is 0 Å². The number of halogens is 2. The second-order valence-corrected chi connectivity index (χ2v) is 10.6. The van der Waals surface area contributed by atoms with E-state index in [2.05, 4.69) is 41.1 Å². The van der Waals surface area contributed by atoms with E-state index >= 15 is 0 Å². The van der Waals surface area contributed by atoms with Gasteiger partial charge in [-0.3, -0.25) is 25.4 Å². The zero-order valence-electron chi connectivity index (χ0n) is 26.3. The van der Waals surface area contributed by atoms with Crippen molar-refractivity contribution in [3.8, 4) is 0 Å². The molecule has 242 valence electrons. The maximum absolute atomic E-state index is 13.3. The fourth-order valence-electron chi connectivity index (χ4n) is 4.58. The minimum Gasteiger partial charge on any atom is -0.396 e. The van der Waals surface area contributed by atoms with Crippen LogP contribution in [0.15, 0.2) is 115 Å². The first kappa shape index (κ1) is 35.8. The molecule has 0 spiro atoms. The number of carbonyl (C=O) groups excluding carboxylic acids is 1. The van der Waals surface area contributed by atoms with E-state index in [1.54, 1.807) is 29.2 Å². The van der Waals surface area contributed by atoms with Crippen molar-refractivity contribution in [2.75, 3.05) is 38.3 Å². The van der Waals surface area contributed by atoms with Crippen LogP contribution in [0.5, 0.6) is 0 Å². The maximum Gasteiger partial charge on any atom is 0.253 e. The van der Waals surface area contributed by atoms with E-state index in [9.17, 15) is 13.6 Å². The Morgan fingerprint density at radius 1 is 0.826 bits per heavy atom. The normalized spacial score (nSPS) is 12.4. The van der Waals surface area contributed by atoms with Gasteiger partial charge >= 0.3 is 0 Å². The smallest absolute Gasteiger partial charge is 0.253 e. The van der Waals surface area contributed by atoms with Crippen LogP contribution in [-0.2, 0) is 6.54 Å². The molecule has 0 aliphatic carbocycles. The summed E-state index contributed by atoms with van der Waals surface area (Å²) >= 11 is 0. The number of pyridine rings is 1. The van der Waals surface area contributed by atoms with Crippen LogP contribution in [0.3, 0.4) is 0 Å². The van der Waals surface area contributed by atoms with Crippen LogP contribution in [0.4, 0.5) is 14.5 Å². The number of hydrogen-bond acceptors (Lipinski definition) is 6. The van der Waals surface area contributed by atoms with Gasteiger partial charge in [0.2, 0.25) is 0 Å². The molecule has 0 saturated carbocycles. The molecule has 7 nitrogen and oxygen atoms in total. The highest BCUT2D eigenvalue weighted by Gasteiger charge is 2.22. The third-order valence-electron chi connectivity index (χ3n) is 6.97. The molecule has 9 heteroatoms. The number of aryl methyl sites for hydroxylation is 1. The number of aliphatic hydroxyl groups excluding tert-OH is 1. The summed E-state index contributed by atoms with van der Waals surface area (Å²) in [6.45, 7) is 7.16. The molecule has 0 radical (unpaired) electrons.